The summed E-state index contributed by atoms with van der Waals surface area (Å²) in [6, 6.07) is 4.45. The van der Waals surface area contributed by atoms with Crippen molar-refractivity contribution in [2.45, 2.75) is 74.1 Å². The second-order valence-electron chi connectivity index (χ2n) is 7.59. The van der Waals surface area contributed by atoms with E-state index in [9.17, 15) is 8.78 Å². The van der Waals surface area contributed by atoms with Gasteiger partial charge < -0.3 is 0 Å². The minimum absolute atomic E-state index is 0.427. The predicted octanol–water partition coefficient (Wildman–Crippen LogP) is 7.01. The SMILES string of the molecule is Fc1ccc(C2CCC(CCC3CCC(I)CC3)CC2)cc1F. The van der Waals surface area contributed by atoms with Crippen molar-refractivity contribution in [3.63, 3.8) is 0 Å². The molecule has 3 rings (SSSR count). The van der Waals surface area contributed by atoms with E-state index in [4.69, 9.17) is 0 Å². The average molecular weight is 432 g/mol. The Labute approximate surface area is 152 Å². The average Bonchev–Trinajstić information content (AvgIpc) is 2.57. The summed E-state index contributed by atoms with van der Waals surface area (Å²) < 4.78 is 27.4. The van der Waals surface area contributed by atoms with Crippen LogP contribution in [0.15, 0.2) is 18.2 Å². The first-order valence-electron chi connectivity index (χ1n) is 9.21. The Bertz CT molecular complexity index is 500. The first kappa shape index (κ1) is 17.6. The molecule has 0 nitrogen and oxygen atoms in total. The number of alkyl halides is 1. The van der Waals surface area contributed by atoms with Crippen LogP contribution in [0.3, 0.4) is 0 Å². The van der Waals surface area contributed by atoms with E-state index in [1.807, 2.05) is 0 Å². The third kappa shape index (κ3) is 4.90. The van der Waals surface area contributed by atoms with Crippen LogP contribution in [0.2, 0.25) is 0 Å². The third-order valence-corrected chi connectivity index (χ3v) is 7.27. The number of halogens is 3. The van der Waals surface area contributed by atoms with Gasteiger partial charge in [-0.05, 0) is 86.8 Å². The zero-order valence-electron chi connectivity index (χ0n) is 13.7. The third-order valence-electron chi connectivity index (χ3n) is 6.02. The molecule has 0 atom stereocenters. The molecule has 2 saturated carbocycles. The van der Waals surface area contributed by atoms with Crippen LogP contribution in [-0.4, -0.2) is 3.92 Å². The van der Waals surface area contributed by atoms with Crippen LogP contribution in [0.4, 0.5) is 8.78 Å². The molecule has 0 aliphatic heterocycles. The molecule has 0 aromatic heterocycles. The van der Waals surface area contributed by atoms with E-state index in [2.05, 4.69) is 22.6 Å². The standard InChI is InChI=1S/C20H27F2I/c21-19-12-9-17(13-20(19)22)16-7-3-14(4-8-16)1-2-15-5-10-18(23)11-6-15/h9,12-16,18H,1-8,10-11H2. The molecule has 0 amide bonds. The molecule has 23 heavy (non-hydrogen) atoms. The first-order valence-corrected chi connectivity index (χ1v) is 10.5. The van der Waals surface area contributed by atoms with Gasteiger partial charge in [-0.25, -0.2) is 8.78 Å². The van der Waals surface area contributed by atoms with Crippen molar-refractivity contribution in [1.29, 1.82) is 0 Å². The zero-order valence-corrected chi connectivity index (χ0v) is 15.9. The van der Waals surface area contributed by atoms with Crippen molar-refractivity contribution in [3.05, 3.63) is 35.4 Å². The number of rotatable bonds is 4. The van der Waals surface area contributed by atoms with E-state index in [0.717, 1.165) is 34.2 Å². The zero-order chi connectivity index (χ0) is 16.2. The highest BCUT2D eigenvalue weighted by atomic mass is 127. The molecule has 1 aromatic carbocycles. The summed E-state index contributed by atoms with van der Waals surface area (Å²) in [6.07, 6.45) is 13.2. The van der Waals surface area contributed by atoms with Gasteiger partial charge in [0.25, 0.3) is 0 Å². The Morgan fingerprint density at radius 2 is 1.35 bits per heavy atom. The van der Waals surface area contributed by atoms with Gasteiger partial charge in [-0.2, -0.15) is 0 Å². The Balaban J connectivity index is 1.42. The van der Waals surface area contributed by atoms with Crippen LogP contribution in [-0.2, 0) is 0 Å². The summed E-state index contributed by atoms with van der Waals surface area (Å²) in [5, 5.41) is 0. The highest BCUT2D eigenvalue weighted by Crippen LogP contribution is 2.39. The summed E-state index contributed by atoms with van der Waals surface area (Å²) in [6.45, 7) is 0. The maximum atomic E-state index is 13.4. The van der Waals surface area contributed by atoms with Gasteiger partial charge in [0, 0.05) is 3.92 Å². The van der Waals surface area contributed by atoms with Crippen molar-refractivity contribution < 1.29 is 8.78 Å². The fourth-order valence-electron chi connectivity index (χ4n) is 4.43. The number of benzene rings is 1. The van der Waals surface area contributed by atoms with E-state index >= 15 is 0 Å². The second-order valence-corrected chi connectivity index (χ2v) is 9.35. The predicted molar refractivity (Wildman–Crippen MR) is 100 cm³/mol. The smallest absolute Gasteiger partial charge is 0.159 e. The quantitative estimate of drug-likeness (QED) is 0.355. The summed E-state index contributed by atoms with van der Waals surface area (Å²) in [4.78, 5) is 0. The van der Waals surface area contributed by atoms with Crippen molar-refractivity contribution in [3.8, 4) is 0 Å². The lowest BCUT2D eigenvalue weighted by Crippen LogP contribution is -2.17. The highest BCUT2D eigenvalue weighted by Gasteiger charge is 2.25. The van der Waals surface area contributed by atoms with E-state index in [1.54, 1.807) is 6.07 Å². The summed E-state index contributed by atoms with van der Waals surface area (Å²) in [5.41, 5.74) is 0.989. The van der Waals surface area contributed by atoms with Crippen LogP contribution < -0.4 is 0 Å². The Hall–Kier alpha value is -0.190. The lowest BCUT2D eigenvalue weighted by molar-refractivity contribution is 0.264. The molecule has 0 spiro atoms. The second kappa shape index (κ2) is 8.26. The van der Waals surface area contributed by atoms with Crippen molar-refractivity contribution in [1.82, 2.24) is 0 Å². The lowest BCUT2D eigenvalue weighted by Gasteiger charge is -2.31. The largest absolute Gasteiger partial charge is 0.204 e. The van der Waals surface area contributed by atoms with Gasteiger partial charge in [-0.3, -0.25) is 0 Å². The first-order chi connectivity index (χ1) is 11.1. The van der Waals surface area contributed by atoms with Gasteiger partial charge in [-0.1, -0.05) is 41.5 Å². The fourth-order valence-corrected chi connectivity index (χ4v) is 5.15. The fraction of sp³-hybridized carbons (Fsp3) is 0.700. The number of hydrogen-bond donors (Lipinski definition) is 0. The minimum Gasteiger partial charge on any atom is -0.204 e. The molecule has 0 radical (unpaired) electrons. The van der Waals surface area contributed by atoms with Gasteiger partial charge in [0.15, 0.2) is 11.6 Å². The van der Waals surface area contributed by atoms with E-state index in [0.29, 0.717) is 5.92 Å². The Kier molecular flexibility index (Phi) is 6.33. The molecule has 2 fully saturated rings. The molecule has 3 heteroatoms. The molecule has 128 valence electrons. The van der Waals surface area contributed by atoms with Gasteiger partial charge in [0.2, 0.25) is 0 Å². The van der Waals surface area contributed by atoms with Gasteiger partial charge in [0.05, 0.1) is 0 Å². The summed E-state index contributed by atoms with van der Waals surface area (Å²) >= 11 is 2.60. The molecular weight excluding hydrogens is 405 g/mol. The maximum Gasteiger partial charge on any atom is 0.159 e. The van der Waals surface area contributed by atoms with Gasteiger partial charge in [0.1, 0.15) is 0 Å². The van der Waals surface area contributed by atoms with Crippen LogP contribution in [0, 0.1) is 23.5 Å². The maximum absolute atomic E-state index is 13.4. The minimum atomic E-state index is -0.733. The summed E-state index contributed by atoms with van der Waals surface area (Å²) in [7, 11) is 0. The highest BCUT2D eigenvalue weighted by molar-refractivity contribution is 14.1. The molecule has 1 aromatic rings. The van der Waals surface area contributed by atoms with Crippen LogP contribution in [0.25, 0.3) is 0 Å². The van der Waals surface area contributed by atoms with E-state index in [-0.39, 0.29) is 0 Å². The molecule has 0 bridgehead atoms. The number of hydrogen-bond acceptors (Lipinski definition) is 0. The molecule has 0 saturated heterocycles. The molecule has 2 aliphatic rings. The van der Waals surface area contributed by atoms with Crippen LogP contribution >= 0.6 is 22.6 Å². The van der Waals surface area contributed by atoms with E-state index < -0.39 is 11.6 Å². The van der Waals surface area contributed by atoms with Crippen LogP contribution in [0.1, 0.15) is 75.7 Å². The Morgan fingerprint density at radius 3 is 1.91 bits per heavy atom. The Morgan fingerprint density at radius 1 is 0.783 bits per heavy atom. The monoisotopic (exact) mass is 432 g/mol. The molecule has 0 heterocycles. The van der Waals surface area contributed by atoms with Crippen molar-refractivity contribution in [2.24, 2.45) is 11.8 Å². The molecular formula is C20H27F2I. The summed E-state index contributed by atoms with van der Waals surface area (Å²) in [5.74, 6) is 0.814. The van der Waals surface area contributed by atoms with Gasteiger partial charge >= 0.3 is 0 Å². The molecule has 0 unspecified atom stereocenters. The van der Waals surface area contributed by atoms with E-state index in [1.165, 1.54) is 63.5 Å². The van der Waals surface area contributed by atoms with Gasteiger partial charge in [-0.15, -0.1) is 0 Å². The lowest BCUT2D eigenvalue weighted by atomic mass is 9.75. The molecule has 2 aliphatic carbocycles. The topological polar surface area (TPSA) is 0 Å². The van der Waals surface area contributed by atoms with Crippen molar-refractivity contribution >= 4 is 22.6 Å². The van der Waals surface area contributed by atoms with Crippen LogP contribution in [0.5, 0.6) is 0 Å². The van der Waals surface area contributed by atoms with Crippen molar-refractivity contribution in [2.75, 3.05) is 0 Å². The molecule has 0 N–H and O–H groups in total. The normalized spacial score (nSPS) is 32.0.